The van der Waals surface area contributed by atoms with Crippen molar-refractivity contribution in [1.29, 1.82) is 0 Å². The Morgan fingerprint density at radius 3 is 2.45 bits per heavy atom. The topological polar surface area (TPSA) is 0 Å². The lowest BCUT2D eigenvalue weighted by Gasteiger charge is -2.31. The normalized spacial score (nSPS) is 30.1. The third-order valence-corrected chi connectivity index (χ3v) is 4.37. The van der Waals surface area contributed by atoms with Gasteiger partial charge in [-0.05, 0) is 24.5 Å². The molecular weight excluding hydrogens is 240 g/mol. The number of benzene rings is 1. The first-order valence-electron chi connectivity index (χ1n) is 7.26. The third-order valence-electron chi connectivity index (χ3n) is 4.37. The molecule has 0 heteroatoms. The van der Waals surface area contributed by atoms with Crippen molar-refractivity contribution in [2.24, 2.45) is 5.41 Å². The maximum Gasteiger partial charge on any atom is 0.0115 e. The molecule has 0 spiro atoms. The Kier molecular flexibility index (Phi) is 4.13. The van der Waals surface area contributed by atoms with Crippen LogP contribution in [0, 0.1) is 5.41 Å². The van der Waals surface area contributed by atoms with Gasteiger partial charge in [-0.15, -0.1) is 0 Å². The lowest BCUT2D eigenvalue weighted by molar-refractivity contribution is 0.414. The van der Waals surface area contributed by atoms with Gasteiger partial charge in [-0.2, -0.15) is 0 Å². The average Bonchev–Trinajstić information content (AvgIpc) is 2.79. The fraction of sp³-hybridized carbons (Fsp3) is 0.300. The molecule has 20 heavy (non-hydrogen) atoms. The lowest BCUT2D eigenvalue weighted by atomic mass is 9.72. The molecule has 1 aliphatic rings. The van der Waals surface area contributed by atoms with Crippen LogP contribution in [0.15, 0.2) is 78.9 Å². The maximum absolute atomic E-state index is 3.76. The minimum atomic E-state index is 0.0961. The van der Waals surface area contributed by atoms with Gasteiger partial charge in [-0.3, -0.25) is 0 Å². The van der Waals surface area contributed by atoms with Crippen LogP contribution in [0.2, 0.25) is 0 Å². The molecule has 2 atom stereocenters. The highest BCUT2D eigenvalue weighted by Crippen LogP contribution is 2.49. The van der Waals surface area contributed by atoms with Gasteiger partial charge in [0.1, 0.15) is 0 Å². The molecular formula is C20H24. The van der Waals surface area contributed by atoms with Gasteiger partial charge in [0.25, 0.3) is 0 Å². The van der Waals surface area contributed by atoms with E-state index < -0.39 is 0 Å². The van der Waals surface area contributed by atoms with Crippen LogP contribution in [0.4, 0.5) is 0 Å². The summed E-state index contributed by atoms with van der Waals surface area (Å²) in [7, 11) is 0. The van der Waals surface area contributed by atoms with Crippen molar-refractivity contribution >= 4 is 0 Å². The number of hydrogen-bond acceptors (Lipinski definition) is 0. The second-order valence-electron chi connectivity index (χ2n) is 6.05. The van der Waals surface area contributed by atoms with E-state index in [4.69, 9.17) is 0 Å². The van der Waals surface area contributed by atoms with Crippen molar-refractivity contribution in [3.8, 4) is 0 Å². The highest BCUT2D eigenvalue weighted by atomic mass is 14.4. The average molecular weight is 264 g/mol. The summed E-state index contributed by atoms with van der Waals surface area (Å²) < 4.78 is 0. The molecule has 0 aliphatic heterocycles. The molecule has 0 nitrogen and oxygen atoms in total. The van der Waals surface area contributed by atoms with Crippen molar-refractivity contribution in [1.82, 2.24) is 0 Å². The lowest BCUT2D eigenvalue weighted by Crippen LogP contribution is -2.23. The molecule has 0 saturated heterocycles. The van der Waals surface area contributed by atoms with Crippen LogP contribution in [0.5, 0.6) is 0 Å². The summed E-state index contributed by atoms with van der Waals surface area (Å²) in [6.07, 6.45) is 14.1. The molecule has 0 amide bonds. The molecule has 0 N–H and O–H groups in total. The molecule has 1 aliphatic carbocycles. The second kappa shape index (κ2) is 5.66. The van der Waals surface area contributed by atoms with E-state index >= 15 is 0 Å². The van der Waals surface area contributed by atoms with E-state index in [1.165, 1.54) is 11.1 Å². The van der Waals surface area contributed by atoms with Crippen LogP contribution in [-0.4, -0.2) is 0 Å². The van der Waals surface area contributed by atoms with Gasteiger partial charge in [0, 0.05) is 10.8 Å². The van der Waals surface area contributed by atoms with Crippen molar-refractivity contribution < 1.29 is 0 Å². The molecule has 0 saturated carbocycles. The van der Waals surface area contributed by atoms with Gasteiger partial charge < -0.3 is 0 Å². The molecule has 2 unspecified atom stereocenters. The van der Waals surface area contributed by atoms with Crippen LogP contribution in [0.25, 0.3) is 0 Å². The summed E-state index contributed by atoms with van der Waals surface area (Å²) in [6, 6.07) is 10.8. The molecule has 0 fully saturated rings. The molecule has 0 bridgehead atoms. The van der Waals surface area contributed by atoms with E-state index in [-0.39, 0.29) is 10.8 Å². The fourth-order valence-corrected chi connectivity index (χ4v) is 3.25. The standard InChI is InChI=1S/C20H24/c1-5-7-11-17(6-2)19(3)14-15-20(4,16-19)18-12-9-8-10-13-18/h5-15H,1,16H2,2-4H3/b11-7-,17-6+. The highest BCUT2D eigenvalue weighted by molar-refractivity contribution is 5.42. The van der Waals surface area contributed by atoms with Crippen molar-refractivity contribution in [2.45, 2.75) is 32.6 Å². The predicted octanol–water partition coefficient (Wildman–Crippen LogP) is 5.60. The van der Waals surface area contributed by atoms with Gasteiger partial charge in [0.2, 0.25) is 0 Å². The van der Waals surface area contributed by atoms with E-state index in [1.807, 2.05) is 12.2 Å². The van der Waals surface area contributed by atoms with Crippen molar-refractivity contribution in [3.63, 3.8) is 0 Å². The van der Waals surface area contributed by atoms with Crippen molar-refractivity contribution in [3.05, 3.63) is 84.5 Å². The fourth-order valence-electron chi connectivity index (χ4n) is 3.25. The predicted molar refractivity (Wildman–Crippen MR) is 88.8 cm³/mol. The molecule has 104 valence electrons. The molecule has 2 rings (SSSR count). The smallest absolute Gasteiger partial charge is 0.0115 e. The van der Waals surface area contributed by atoms with E-state index in [0.717, 1.165) is 6.42 Å². The van der Waals surface area contributed by atoms with E-state index in [1.54, 1.807) is 0 Å². The summed E-state index contributed by atoms with van der Waals surface area (Å²) in [5.41, 5.74) is 2.96. The number of hydrogen-bond donors (Lipinski definition) is 0. The molecule has 1 aromatic rings. The summed E-state index contributed by atoms with van der Waals surface area (Å²) in [5.74, 6) is 0. The van der Waals surface area contributed by atoms with Gasteiger partial charge >= 0.3 is 0 Å². The Morgan fingerprint density at radius 1 is 1.15 bits per heavy atom. The largest absolute Gasteiger partial charge is 0.0991 e. The zero-order valence-electron chi connectivity index (χ0n) is 12.8. The molecule has 0 heterocycles. The Bertz CT molecular complexity index is 559. The van der Waals surface area contributed by atoms with Crippen molar-refractivity contribution in [2.75, 3.05) is 0 Å². The SMILES string of the molecule is C=C/C=C\C(=C/C)C1(C)C=CC(C)(c2ccccc2)C1. The van der Waals surface area contributed by atoms with Crippen LogP contribution in [-0.2, 0) is 5.41 Å². The highest BCUT2D eigenvalue weighted by Gasteiger charge is 2.40. The summed E-state index contributed by atoms with van der Waals surface area (Å²) >= 11 is 0. The molecule has 0 radical (unpaired) electrons. The number of rotatable bonds is 4. The van der Waals surface area contributed by atoms with Gasteiger partial charge in [0.05, 0.1) is 0 Å². The monoisotopic (exact) mass is 264 g/mol. The first-order valence-corrected chi connectivity index (χ1v) is 7.26. The van der Waals surface area contributed by atoms with Gasteiger partial charge in [-0.25, -0.2) is 0 Å². The molecule has 0 aromatic heterocycles. The Hall–Kier alpha value is -1.82. The Morgan fingerprint density at radius 2 is 1.85 bits per heavy atom. The van der Waals surface area contributed by atoms with Crippen LogP contribution in [0.1, 0.15) is 32.8 Å². The van der Waals surface area contributed by atoms with E-state index in [0.29, 0.717) is 0 Å². The summed E-state index contributed by atoms with van der Waals surface area (Å²) in [4.78, 5) is 0. The zero-order chi connectivity index (χ0) is 14.6. The van der Waals surface area contributed by atoms with Gasteiger partial charge in [-0.1, -0.05) is 87.2 Å². The first-order chi connectivity index (χ1) is 9.54. The maximum atomic E-state index is 3.76. The van der Waals surface area contributed by atoms with E-state index in [9.17, 15) is 0 Å². The minimum Gasteiger partial charge on any atom is -0.0991 e. The molecule has 1 aromatic carbocycles. The number of allylic oxidation sites excluding steroid dienone is 7. The van der Waals surface area contributed by atoms with Crippen LogP contribution < -0.4 is 0 Å². The van der Waals surface area contributed by atoms with Gasteiger partial charge in [0.15, 0.2) is 0 Å². The Balaban J connectivity index is 2.30. The minimum absolute atomic E-state index is 0.0961. The summed E-state index contributed by atoms with van der Waals surface area (Å²) in [5, 5.41) is 0. The third kappa shape index (κ3) is 2.70. The zero-order valence-corrected chi connectivity index (χ0v) is 12.8. The summed E-state index contributed by atoms with van der Waals surface area (Å²) in [6.45, 7) is 10.5. The second-order valence-corrected chi connectivity index (χ2v) is 6.05. The van der Waals surface area contributed by atoms with Crippen LogP contribution >= 0.6 is 0 Å². The van der Waals surface area contributed by atoms with E-state index in [2.05, 4.69) is 82.0 Å². The quantitative estimate of drug-likeness (QED) is 0.490. The Labute approximate surface area is 123 Å². The first kappa shape index (κ1) is 14.6. The van der Waals surface area contributed by atoms with Crippen LogP contribution in [0.3, 0.4) is 0 Å².